The molecular formula is C15H12BrF2N3. The Labute approximate surface area is 128 Å². The molecule has 0 fully saturated rings. The third-order valence-corrected chi connectivity index (χ3v) is 3.73. The van der Waals surface area contributed by atoms with Gasteiger partial charge in [-0.05, 0) is 18.2 Å². The highest BCUT2D eigenvalue weighted by Crippen LogP contribution is 2.25. The van der Waals surface area contributed by atoms with Gasteiger partial charge in [-0.15, -0.1) is 0 Å². The first kappa shape index (κ1) is 14.0. The van der Waals surface area contributed by atoms with Crippen molar-refractivity contribution in [3.63, 3.8) is 0 Å². The van der Waals surface area contributed by atoms with Crippen molar-refractivity contribution in [3.05, 3.63) is 58.2 Å². The molecule has 0 aliphatic rings. The zero-order valence-corrected chi connectivity index (χ0v) is 12.8. The number of anilines is 1. The van der Waals surface area contributed by atoms with Gasteiger partial charge in [0, 0.05) is 16.9 Å². The van der Waals surface area contributed by atoms with Crippen LogP contribution in [0.2, 0.25) is 0 Å². The lowest BCUT2D eigenvalue weighted by molar-refractivity contribution is 0.586. The van der Waals surface area contributed by atoms with Crippen molar-refractivity contribution in [3.8, 4) is 0 Å². The van der Waals surface area contributed by atoms with Crippen molar-refractivity contribution in [2.24, 2.45) is 7.05 Å². The highest BCUT2D eigenvalue weighted by molar-refractivity contribution is 9.10. The van der Waals surface area contributed by atoms with Crippen LogP contribution in [0.4, 0.5) is 14.5 Å². The maximum atomic E-state index is 13.8. The second-order valence-corrected chi connectivity index (χ2v) is 5.60. The second kappa shape index (κ2) is 5.44. The molecule has 0 radical (unpaired) electrons. The Morgan fingerprint density at radius 3 is 2.57 bits per heavy atom. The van der Waals surface area contributed by atoms with E-state index in [-0.39, 0.29) is 12.2 Å². The number of para-hydroxylation sites is 1. The monoisotopic (exact) mass is 351 g/mol. The van der Waals surface area contributed by atoms with E-state index in [1.807, 2.05) is 31.3 Å². The molecule has 0 unspecified atom stereocenters. The van der Waals surface area contributed by atoms with Gasteiger partial charge in [0.15, 0.2) is 0 Å². The average molecular weight is 352 g/mol. The maximum absolute atomic E-state index is 13.8. The lowest BCUT2D eigenvalue weighted by Crippen LogP contribution is -2.05. The molecule has 3 nitrogen and oxygen atoms in total. The smallest absolute Gasteiger partial charge is 0.150 e. The van der Waals surface area contributed by atoms with Crippen LogP contribution in [-0.4, -0.2) is 9.78 Å². The van der Waals surface area contributed by atoms with Crippen LogP contribution in [0.25, 0.3) is 10.9 Å². The largest absolute Gasteiger partial charge is 0.375 e. The number of fused-ring (bicyclic) bond motifs is 1. The molecule has 21 heavy (non-hydrogen) atoms. The zero-order valence-electron chi connectivity index (χ0n) is 11.2. The summed E-state index contributed by atoms with van der Waals surface area (Å²) in [6, 6.07) is 10.2. The van der Waals surface area contributed by atoms with E-state index in [0.717, 1.165) is 16.6 Å². The molecule has 2 aromatic carbocycles. The van der Waals surface area contributed by atoms with Crippen LogP contribution < -0.4 is 5.32 Å². The van der Waals surface area contributed by atoms with E-state index < -0.39 is 11.6 Å². The van der Waals surface area contributed by atoms with E-state index in [4.69, 9.17) is 0 Å². The Kier molecular flexibility index (Phi) is 3.63. The summed E-state index contributed by atoms with van der Waals surface area (Å²) >= 11 is 3.06. The van der Waals surface area contributed by atoms with E-state index in [1.165, 1.54) is 12.1 Å². The molecule has 0 bridgehead atoms. The lowest BCUT2D eigenvalue weighted by Gasteiger charge is -2.08. The highest BCUT2D eigenvalue weighted by atomic mass is 79.9. The summed E-state index contributed by atoms with van der Waals surface area (Å²) in [4.78, 5) is 0. The van der Waals surface area contributed by atoms with Gasteiger partial charge in [0.05, 0.1) is 17.8 Å². The Hall–Kier alpha value is -1.95. The minimum absolute atomic E-state index is 0.145. The number of nitrogens with zero attached hydrogens (tertiary/aromatic N) is 2. The molecule has 1 aromatic heterocycles. The Morgan fingerprint density at radius 2 is 1.86 bits per heavy atom. The van der Waals surface area contributed by atoms with E-state index >= 15 is 0 Å². The summed E-state index contributed by atoms with van der Waals surface area (Å²) in [5.41, 5.74) is 1.58. The van der Waals surface area contributed by atoms with Crippen LogP contribution in [0.5, 0.6) is 0 Å². The van der Waals surface area contributed by atoms with Gasteiger partial charge in [0.1, 0.15) is 17.3 Å². The van der Waals surface area contributed by atoms with Crippen LogP contribution in [0, 0.1) is 11.6 Å². The van der Waals surface area contributed by atoms with Crippen molar-refractivity contribution >= 4 is 32.5 Å². The lowest BCUT2D eigenvalue weighted by atomic mass is 10.2. The zero-order chi connectivity index (χ0) is 15.0. The first-order chi connectivity index (χ1) is 10.1. The van der Waals surface area contributed by atoms with Crippen molar-refractivity contribution in [1.29, 1.82) is 0 Å². The van der Waals surface area contributed by atoms with Gasteiger partial charge in [0.2, 0.25) is 0 Å². The highest BCUT2D eigenvalue weighted by Gasteiger charge is 2.12. The minimum Gasteiger partial charge on any atom is -0.375 e. The van der Waals surface area contributed by atoms with Crippen LogP contribution in [-0.2, 0) is 13.6 Å². The van der Waals surface area contributed by atoms with Gasteiger partial charge in [-0.1, -0.05) is 34.1 Å². The number of aryl methyl sites for hydroxylation is 1. The summed E-state index contributed by atoms with van der Waals surface area (Å²) in [5, 5.41) is 8.13. The molecule has 0 saturated carbocycles. The van der Waals surface area contributed by atoms with Gasteiger partial charge >= 0.3 is 0 Å². The van der Waals surface area contributed by atoms with Crippen molar-refractivity contribution in [2.45, 2.75) is 6.54 Å². The molecule has 0 amide bonds. The molecule has 0 atom stereocenters. The van der Waals surface area contributed by atoms with E-state index in [9.17, 15) is 8.78 Å². The fourth-order valence-corrected chi connectivity index (χ4v) is 2.70. The van der Waals surface area contributed by atoms with E-state index in [2.05, 4.69) is 26.3 Å². The van der Waals surface area contributed by atoms with Crippen LogP contribution in [0.3, 0.4) is 0 Å². The van der Waals surface area contributed by atoms with Gasteiger partial charge in [0.25, 0.3) is 0 Å². The van der Waals surface area contributed by atoms with Crippen molar-refractivity contribution in [1.82, 2.24) is 9.78 Å². The fourth-order valence-electron chi connectivity index (χ4n) is 2.30. The van der Waals surface area contributed by atoms with E-state index in [1.54, 1.807) is 4.68 Å². The number of rotatable bonds is 3. The first-order valence-corrected chi connectivity index (χ1v) is 7.14. The van der Waals surface area contributed by atoms with Crippen molar-refractivity contribution in [2.75, 3.05) is 5.32 Å². The minimum atomic E-state index is -0.637. The molecule has 0 saturated heterocycles. The third-order valence-electron chi connectivity index (χ3n) is 3.27. The number of nitrogens with one attached hydrogen (secondary N) is 1. The predicted octanol–water partition coefficient (Wildman–Crippen LogP) is 4.23. The van der Waals surface area contributed by atoms with Gasteiger partial charge < -0.3 is 5.32 Å². The average Bonchev–Trinajstić information content (AvgIpc) is 2.75. The molecule has 6 heteroatoms. The Bertz CT molecular complexity index is 791. The SMILES string of the molecule is Cn1nc(CNc2c(F)cc(Br)cc2F)c2ccccc21. The summed E-state index contributed by atoms with van der Waals surface area (Å²) < 4.78 is 29.7. The first-order valence-electron chi connectivity index (χ1n) is 6.35. The molecule has 0 aliphatic carbocycles. The standard InChI is InChI=1S/C15H12BrF2N3/c1-21-14-5-3-2-4-10(14)13(20-21)8-19-15-11(17)6-9(16)7-12(15)18/h2-7,19H,8H2,1H3. The molecule has 3 aromatic rings. The topological polar surface area (TPSA) is 29.9 Å². The summed E-state index contributed by atoms with van der Waals surface area (Å²) in [6.45, 7) is 0.247. The molecule has 3 rings (SSSR count). The number of hydrogen-bond acceptors (Lipinski definition) is 2. The van der Waals surface area contributed by atoms with Crippen LogP contribution in [0.1, 0.15) is 5.69 Å². The summed E-state index contributed by atoms with van der Waals surface area (Å²) in [7, 11) is 1.84. The molecule has 0 spiro atoms. The Balaban J connectivity index is 1.91. The molecule has 1 heterocycles. The second-order valence-electron chi connectivity index (χ2n) is 4.69. The predicted molar refractivity (Wildman–Crippen MR) is 82.1 cm³/mol. The van der Waals surface area contributed by atoms with Crippen LogP contribution in [0.15, 0.2) is 40.9 Å². The normalized spacial score (nSPS) is 11.0. The van der Waals surface area contributed by atoms with Crippen LogP contribution >= 0.6 is 15.9 Å². The number of benzene rings is 2. The van der Waals surface area contributed by atoms with Gasteiger partial charge in [-0.25, -0.2) is 8.78 Å². The fraction of sp³-hybridized carbons (Fsp3) is 0.133. The van der Waals surface area contributed by atoms with Gasteiger partial charge in [-0.3, -0.25) is 4.68 Å². The Morgan fingerprint density at radius 1 is 1.19 bits per heavy atom. The molecule has 108 valence electrons. The quantitative estimate of drug-likeness (QED) is 0.765. The number of halogens is 3. The van der Waals surface area contributed by atoms with E-state index in [0.29, 0.717) is 4.47 Å². The molecular weight excluding hydrogens is 340 g/mol. The number of hydrogen-bond donors (Lipinski definition) is 1. The number of aromatic nitrogens is 2. The molecule has 0 aliphatic heterocycles. The summed E-state index contributed by atoms with van der Waals surface area (Å²) in [5.74, 6) is -1.27. The van der Waals surface area contributed by atoms with Gasteiger partial charge in [-0.2, -0.15) is 5.10 Å². The third kappa shape index (κ3) is 2.63. The molecule has 1 N–H and O–H groups in total. The van der Waals surface area contributed by atoms with Crippen molar-refractivity contribution < 1.29 is 8.78 Å². The maximum Gasteiger partial charge on any atom is 0.150 e. The summed E-state index contributed by atoms with van der Waals surface area (Å²) in [6.07, 6.45) is 0.